The first-order valence-corrected chi connectivity index (χ1v) is 6.16. The van der Waals surface area contributed by atoms with Crippen LogP contribution in [-0.4, -0.2) is 48.8 Å². The van der Waals surface area contributed by atoms with Gasteiger partial charge in [0, 0.05) is 6.54 Å². The topological polar surface area (TPSA) is 41.9 Å². The summed E-state index contributed by atoms with van der Waals surface area (Å²) in [5, 5.41) is 9.70. The van der Waals surface area contributed by atoms with Gasteiger partial charge >= 0.3 is 6.36 Å². The van der Waals surface area contributed by atoms with Crippen LogP contribution in [-0.2, 0) is 11.3 Å². The lowest BCUT2D eigenvalue weighted by Gasteiger charge is -2.25. The summed E-state index contributed by atoms with van der Waals surface area (Å²) in [6, 6.07) is 5.59. The molecule has 0 aliphatic carbocycles. The van der Waals surface area contributed by atoms with E-state index in [1.54, 1.807) is 12.1 Å². The molecule has 1 aliphatic heterocycles. The summed E-state index contributed by atoms with van der Waals surface area (Å²) in [5.74, 6) is -0.242. The number of likely N-dealkylation sites (N-methyl/N-ethyl adjacent to an activating group) is 1. The van der Waals surface area contributed by atoms with E-state index in [4.69, 9.17) is 4.74 Å². The molecule has 7 heteroatoms. The summed E-state index contributed by atoms with van der Waals surface area (Å²) in [6.45, 7) is 1.28. The molecule has 0 bridgehead atoms. The normalized spacial score (nSPS) is 23.3. The van der Waals surface area contributed by atoms with Crippen molar-refractivity contribution in [3.63, 3.8) is 0 Å². The number of hydrogen-bond acceptors (Lipinski definition) is 4. The Balaban J connectivity index is 1.93. The van der Waals surface area contributed by atoms with Crippen LogP contribution >= 0.6 is 0 Å². The fourth-order valence-corrected chi connectivity index (χ4v) is 2.15. The van der Waals surface area contributed by atoms with Crippen LogP contribution in [0, 0.1) is 0 Å². The van der Waals surface area contributed by atoms with Gasteiger partial charge in [-0.1, -0.05) is 12.1 Å². The molecule has 112 valence electrons. The van der Waals surface area contributed by atoms with Crippen LogP contribution in [0.2, 0.25) is 0 Å². The molecule has 0 saturated carbocycles. The smallest absolute Gasteiger partial charge is 0.406 e. The van der Waals surface area contributed by atoms with Gasteiger partial charge in [-0.05, 0) is 24.7 Å². The van der Waals surface area contributed by atoms with E-state index in [1.807, 2.05) is 11.9 Å². The van der Waals surface area contributed by atoms with Gasteiger partial charge in [0.1, 0.15) is 5.75 Å². The van der Waals surface area contributed by atoms with Gasteiger partial charge in [-0.25, -0.2) is 0 Å². The molecule has 0 amide bonds. The zero-order valence-corrected chi connectivity index (χ0v) is 10.9. The number of aliphatic hydroxyl groups excluding tert-OH is 1. The number of benzene rings is 1. The van der Waals surface area contributed by atoms with Crippen molar-refractivity contribution >= 4 is 0 Å². The lowest BCUT2D eigenvalue weighted by molar-refractivity contribution is -0.274. The van der Waals surface area contributed by atoms with Crippen LogP contribution in [0.25, 0.3) is 0 Å². The minimum Gasteiger partial charge on any atom is -0.406 e. The van der Waals surface area contributed by atoms with E-state index < -0.39 is 12.5 Å². The lowest BCUT2D eigenvalue weighted by Crippen LogP contribution is -2.39. The average Bonchev–Trinajstić information content (AvgIpc) is 2.76. The van der Waals surface area contributed by atoms with Gasteiger partial charge in [-0.15, -0.1) is 13.2 Å². The van der Waals surface area contributed by atoms with Crippen LogP contribution in [0.3, 0.4) is 0 Å². The molecule has 1 fully saturated rings. The number of hydrogen-bond donors (Lipinski definition) is 1. The van der Waals surface area contributed by atoms with Gasteiger partial charge in [0.25, 0.3) is 0 Å². The van der Waals surface area contributed by atoms with Crippen molar-refractivity contribution < 1.29 is 27.8 Å². The van der Waals surface area contributed by atoms with Gasteiger partial charge in [0.05, 0.1) is 25.4 Å². The third kappa shape index (κ3) is 4.09. The highest BCUT2D eigenvalue weighted by Crippen LogP contribution is 2.23. The number of nitrogens with zero attached hydrogens (tertiary/aromatic N) is 1. The monoisotopic (exact) mass is 291 g/mol. The molecule has 2 atom stereocenters. The fraction of sp³-hybridized carbons (Fsp3) is 0.538. The fourth-order valence-electron chi connectivity index (χ4n) is 2.15. The second kappa shape index (κ2) is 5.99. The van der Waals surface area contributed by atoms with Gasteiger partial charge in [0.2, 0.25) is 0 Å². The predicted molar refractivity (Wildman–Crippen MR) is 65.2 cm³/mol. The van der Waals surface area contributed by atoms with Crippen LogP contribution in [0.15, 0.2) is 24.3 Å². The van der Waals surface area contributed by atoms with E-state index >= 15 is 0 Å². The highest BCUT2D eigenvalue weighted by atomic mass is 19.4. The van der Waals surface area contributed by atoms with Crippen LogP contribution in [0.5, 0.6) is 5.75 Å². The molecule has 2 rings (SSSR count). The molecule has 0 spiro atoms. The van der Waals surface area contributed by atoms with E-state index in [0.29, 0.717) is 19.8 Å². The second-order valence-electron chi connectivity index (χ2n) is 4.78. The van der Waals surface area contributed by atoms with Crippen molar-refractivity contribution in [3.05, 3.63) is 29.8 Å². The molecule has 1 N–H and O–H groups in total. The maximum Gasteiger partial charge on any atom is 0.573 e. The molecule has 1 aromatic carbocycles. The summed E-state index contributed by atoms with van der Waals surface area (Å²) in [5.41, 5.74) is 0.834. The van der Waals surface area contributed by atoms with E-state index in [1.165, 1.54) is 12.1 Å². The highest BCUT2D eigenvalue weighted by Gasteiger charge is 2.31. The third-order valence-electron chi connectivity index (χ3n) is 3.18. The molecule has 1 saturated heterocycles. The Morgan fingerprint density at radius 1 is 1.30 bits per heavy atom. The van der Waals surface area contributed by atoms with E-state index in [9.17, 15) is 18.3 Å². The van der Waals surface area contributed by atoms with Crippen molar-refractivity contribution in [2.45, 2.75) is 25.1 Å². The van der Waals surface area contributed by atoms with Gasteiger partial charge in [-0.2, -0.15) is 0 Å². The van der Waals surface area contributed by atoms with E-state index in [0.717, 1.165) is 5.56 Å². The second-order valence-corrected chi connectivity index (χ2v) is 4.78. The Morgan fingerprint density at radius 2 is 1.95 bits per heavy atom. The minimum absolute atomic E-state index is 0.0962. The maximum atomic E-state index is 12.0. The molecule has 0 aromatic heterocycles. The largest absolute Gasteiger partial charge is 0.573 e. The van der Waals surface area contributed by atoms with E-state index in [-0.39, 0.29) is 11.8 Å². The van der Waals surface area contributed by atoms with Crippen molar-refractivity contribution in [2.24, 2.45) is 0 Å². The standard InChI is InChI=1S/C13H16F3NO3/c1-17(11-7-19-8-12(11)18)6-9-2-4-10(5-3-9)20-13(14,15)16/h2-5,11-12,18H,6-8H2,1H3/t11-,12-/m1/s1. The molecule has 4 nitrogen and oxygen atoms in total. The number of ether oxygens (including phenoxy) is 2. The first-order valence-electron chi connectivity index (χ1n) is 6.16. The van der Waals surface area contributed by atoms with Crippen molar-refractivity contribution in [2.75, 3.05) is 20.3 Å². The van der Waals surface area contributed by atoms with Crippen LogP contribution in [0.1, 0.15) is 5.56 Å². The van der Waals surface area contributed by atoms with Crippen LogP contribution < -0.4 is 4.74 Å². The Hall–Kier alpha value is -1.31. The number of aliphatic hydroxyl groups is 1. The molecule has 1 aliphatic rings. The molecule has 0 radical (unpaired) electrons. The quantitative estimate of drug-likeness (QED) is 0.918. The number of rotatable bonds is 4. The zero-order valence-electron chi connectivity index (χ0n) is 10.9. The SMILES string of the molecule is CN(Cc1ccc(OC(F)(F)F)cc1)[C@@H]1COC[C@H]1O. The molecule has 1 aromatic rings. The summed E-state index contributed by atoms with van der Waals surface area (Å²) >= 11 is 0. The summed E-state index contributed by atoms with van der Waals surface area (Å²) in [6.07, 6.45) is -5.21. The summed E-state index contributed by atoms with van der Waals surface area (Å²) in [4.78, 5) is 1.91. The summed E-state index contributed by atoms with van der Waals surface area (Å²) < 4.78 is 45.1. The summed E-state index contributed by atoms with van der Waals surface area (Å²) in [7, 11) is 1.84. The molecular formula is C13H16F3NO3. The molecule has 0 unspecified atom stereocenters. The Labute approximate surface area is 114 Å². The lowest BCUT2D eigenvalue weighted by atomic mass is 10.1. The minimum atomic E-state index is -4.68. The van der Waals surface area contributed by atoms with Crippen LogP contribution in [0.4, 0.5) is 13.2 Å². The molecular weight excluding hydrogens is 275 g/mol. The highest BCUT2D eigenvalue weighted by molar-refractivity contribution is 5.27. The van der Waals surface area contributed by atoms with Gasteiger partial charge in [0.15, 0.2) is 0 Å². The molecule has 1 heterocycles. The Kier molecular flexibility index (Phi) is 4.52. The predicted octanol–water partition coefficient (Wildman–Crippen LogP) is 1.78. The maximum absolute atomic E-state index is 12.0. The Bertz CT molecular complexity index is 435. The molecule has 20 heavy (non-hydrogen) atoms. The van der Waals surface area contributed by atoms with Crippen molar-refractivity contribution in [3.8, 4) is 5.75 Å². The third-order valence-corrected chi connectivity index (χ3v) is 3.18. The van der Waals surface area contributed by atoms with Gasteiger partial charge < -0.3 is 14.6 Å². The van der Waals surface area contributed by atoms with Crippen molar-refractivity contribution in [1.29, 1.82) is 0 Å². The van der Waals surface area contributed by atoms with Crippen molar-refractivity contribution in [1.82, 2.24) is 4.90 Å². The first-order chi connectivity index (χ1) is 9.35. The zero-order chi connectivity index (χ0) is 14.8. The average molecular weight is 291 g/mol. The van der Waals surface area contributed by atoms with E-state index in [2.05, 4.69) is 4.74 Å². The Morgan fingerprint density at radius 3 is 2.45 bits per heavy atom. The number of halogens is 3. The first kappa shape index (κ1) is 15.1. The van der Waals surface area contributed by atoms with Gasteiger partial charge in [-0.3, -0.25) is 4.90 Å². The number of alkyl halides is 3.